The third-order valence-corrected chi connectivity index (χ3v) is 18.1. The van der Waals surface area contributed by atoms with E-state index in [0.29, 0.717) is 0 Å². The molecule has 1 aliphatic carbocycles. The minimum absolute atomic E-state index is 0.108. The van der Waals surface area contributed by atoms with E-state index >= 15 is 0 Å². The molecule has 10 aromatic rings. The maximum absolute atomic E-state index is 2.96. The van der Waals surface area contributed by atoms with Gasteiger partial charge in [0.15, 0.2) is 8.07 Å². The van der Waals surface area contributed by atoms with Gasteiger partial charge in [-0.15, -0.1) is 0 Å². The summed E-state index contributed by atoms with van der Waals surface area (Å²) >= 11 is 0. The highest BCUT2D eigenvalue weighted by Gasteiger charge is 2.42. The fraction of sp³-hybridized carbons (Fsp3) is 0.0492. The average Bonchev–Trinajstić information content (AvgIpc) is 3.59. The molecular formula is C61H48N2Si. The number of nitrogens with zero attached hydrogens (tertiary/aromatic N) is 2. The van der Waals surface area contributed by atoms with Gasteiger partial charge in [-0.2, -0.15) is 0 Å². The van der Waals surface area contributed by atoms with E-state index < -0.39 is 8.07 Å². The SMILES string of the molecule is CC1(C)c2ccccc2-c2ccc(N(c3ccccc3)c3ccc([Si](c4ccccc4)(c4ccccc4)c4cccc(N(c5ccccc5)c5cccc6ccccc56)c4)cc3)cc21. The number of benzene rings is 10. The highest BCUT2D eigenvalue weighted by molar-refractivity contribution is 7.20. The Kier molecular flexibility index (Phi) is 9.91. The van der Waals surface area contributed by atoms with E-state index in [-0.39, 0.29) is 5.41 Å². The normalized spacial score (nSPS) is 12.7. The van der Waals surface area contributed by atoms with E-state index in [1.54, 1.807) is 0 Å². The minimum Gasteiger partial charge on any atom is -0.310 e. The fourth-order valence-electron chi connectivity index (χ4n) is 10.4. The van der Waals surface area contributed by atoms with Gasteiger partial charge in [0.25, 0.3) is 0 Å². The molecule has 0 saturated carbocycles. The van der Waals surface area contributed by atoms with Crippen LogP contribution in [-0.2, 0) is 5.41 Å². The first-order chi connectivity index (χ1) is 31.5. The molecule has 0 aliphatic heterocycles. The molecule has 0 atom stereocenters. The highest BCUT2D eigenvalue weighted by Crippen LogP contribution is 2.50. The second-order valence-corrected chi connectivity index (χ2v) is 21.1. The summed E-state index contributed by atoms with van der Waals surface area (Å²) < 4.78 is 0. The standard InChI is InChI=1S/C61H48N2Si/c1-61(2)58-35-18-17-34-56(58)57-42-39-50(44-59(57)61)62(46-23-7-3-8-24-46)48-37-40-53(41-38-48)64(51-28-11-5-12-29-51,52-30-13-6-14-31-52)54-32-20-27-49(43-54)63(47-25-9-4-10-26-47)60-36-19-22-45-21-15-16-33-55(45)60/h3-44H,1-2H3. The molecular weight excluding hydrogens is 789 g/mol. The van der Waals surface area contributed by atoms with Crippen LogP contribution in [0.1, 0.15) is 25.0 Å². The van der Waals surface area contributed by atoms with Gasteiger partial charge in [-0.1, -0.05) is 202 Å². The smallest absolute Gasteiger partial charge is 0.179 e. The summed E-state index contributed by atoms with van der Waals surface area (Å²) in [5.74, 6) is 0. The van der Waals surface area contributed by atoms with Gasteiger partial charge in [0, 0.05) is 39.2 Å². The summed E-state index contributed by atoms with van der Waals surface area (Å²) in [6.07, 6.45) is 0. The van der Waals surface area contributed by atoms with Gasteiger partial charge >= 0.3 is 0 Å². The van der Waals surface area contributed by atoms with E-state index in [1.165, 1.54) is 53.8 Å². The van der Waals surface area contributed by atoms with E-state index in [9.17, 15) is 0 Å². The Morgan fingerprint density at radius 3 is 1.45 bits per heavy atom. The minimum atomic E-state index is -2.96. The fourth-order valence-corrected chi connectivity index (χ4v) is 15.1. The second kappa shape index (κ2) is 16.2. The Hall–Kier alpha value is -7.72. The largest absolute Gasteiger partial charge is 0.310 e. The molecule has 11 rings (SSSR count). The predicted molar refractivity (Wildman–Crippen MR) is 274 cm³/mol. The quantitative estimate of drug-likeness (QED) is 0.100. The number of anilines is 6. The molecule has 0 radical (unpaired) electrons. The first kappa shape index (κ1) is 39.1. The Morgan fingerprint density at radius 2 is 0.766 bits per heavy atom. The molecule has 0 N–H and O–H groups in total. The second-order valence-electron chi connectivity index (χ2n) is 17.3. The van der Waals surface area contributed by atoms with Gasteiger partial charge in [-0.3, -0.25) is 0 Å². The Bertz CT molecular complexity index is 3190. The van der Waals surface area contributed by atoms with Crippen LogP contribution < -0.4 is 30.5 Å². The van der Waals surface area contributed by atoms with Crippen molar-refractivity contribution in [1.82, 2.24) is 0 Å². The summed E-state index contributed by atoms with van der Waals surface area (Å²) in [7, 11) is -2.96. The van der Waals surface area contributed by atoms with Gasteiger partial charge in [-0.25, -0.2) is 0 Å². The lowest BCUT2D eigenvalue weighted by Gasteiger charge is -2.36. The van der Waals surface area contributed by atoms with Crippen LogP contribution in [0.5, 0.6) is 0 Å². The summed E-state index contributed by atoms with van der Waals surface area (Å²) in [4.78, 5) is 4.85. The predicted octanol–water partition coefficient (Wildman–Crippen LogP) is 13.5. The van der Waals surface area contributed by atoms with E-state index in [1.807, 2.05) is 0 Å². The number of hydrogen-bond donors (Lipinski definition) is 0. The lowest BCUT2D eigenvalue weighted by Crippen LogP contribution is -2.74. The van der Waals surface area contributed by atoms with E-state index in [0.717, 1.165) is 34.1 Å². The summed E-state index contributed by atoms with van der Waals surface area (Å²) in [6, 6.07) is 94.2. The molecule has 10 aromatic carbocycles. The van der Waals surface area contributed by atoms with Crippen LogP contribution in [-0.4, -0.2) is 8.07 Å². The number of para-hydroxylation sites is 2. The zero-order valence-electron chi connectivity index (χ0n) is 36.1. The summed E-state index contributed by atoms with van der Waals surface area (Å²) in [5.41, 5.74) is 12.1. The van der Waals surface area contributed by atoms with Gasteiger partial charge < -0.3 is 9.80 Å². The van der Waals surface area contributed by atoms with Crippen molar-refractivity contribution >= 4 is 73.7 Å². The van der Waals surface area contributed by atoms with Crippen molar-refractivity contribution in [2.24, 2.45) is 0 Å². The maximum Gasteiger partial charge on any atom is 0.179 e. The zero-order chi connectivity index (χ0) is 43.1. The third kappa shape index (κ3) is 6.56. The van der Waals surface area contributed by atoms with Gasteiger partial charge in [0.2, 0.25) is 0 Å². The molecule has 0 amide bonds. The van der Waals surface area contributed by atoms with Crippen molar-refractivity contribution in [3.8, 4) is 11.1 Å². The van der Waals surface area contributed by atoms with Crippen molar-refractivity contribution in [2.45, 2.75) is 19.3 Å². The van der Waals surface area contributed by atoms with E-state index in [4.69, 9.17) is 0 Å². The van der Waals surface area contributed by atoms with Crippen molar-refractivity contribution in [2.75, 3.05) is 9.80 Å². The number of rotatable bonds is 10. The summed E-state index contributed by atoms with van der Waals surface area (Å²) in [5, 5.41) is 7.74. The molecule has 3 heteroatoms. The topological polar surface area (TPSA) is 6.48 Å². The number of fused-ring (bicyclic) bond motifs is 4. The monoisotopic (exact) mass is 836 g/mol. The Balaban J connectivity index is 1.10. The molecule has 0 saturated heterocycles. The first-order valence-corrected chi connectivity index (χ1v) is 24.3. The lowest BCUT2D eigenvalue weighted by molar-refractivity contribution is 0.660. The van der Waals surface area contributed by atoms with Gasteiger partial charge in [0.1, 0.15) is 0 Å². The van der Waals surface area contributed by atoms with Crippen molar-refractivity contribution in [1.29, 1.82) is 0 Å². The van der Waals surface area contributed by atoms with Crippen LogP contribution in [0.15, 0.2) is 255 Å². The van der Waals surface area contributed by atoms with Crippen molar-refractivity contribution in [3.05, 3.63) is 266 Å². The van der Waals surface area contributed by atoms with Crippen LogP contribution in [0, 0.1) is 0 Å². The first-order valence-electron chi connectivity index (χ1n) is 22.3. The Labute approximate surface area is 378 Å². The summed E-state index contributed by atoms with van der Waals surface area (Å²) in [6.45, 7) is 4.72. The molecule has 0 bridgehead atoms. The molecule has 0 aromatic heterocycles. The zero-order valence-corrected chi connectivity index (χ0v) is 37.1. The molecule has 306 valence electrons. The number of hydrogen-bond acceptors (Lipinski definition) is 2. The van der Waals surface area contributed by atoms with Gasteiger partial charge in [-0.05, 0) is 115 Å². The van der Waals surface area contributed by atoms with Crippen molar-refractivity contribution in [3.63, 3.8) is 0 Å². The van der Waals surface area contributed by atoms with Crippen LogP contribution in [0.3, 0.4) is 0 Å². The molecule has 0 spiro atoms. The average molecular weight is 837 g/mol. The highest BCUT2D eigenvalue weighted by atomic mass is 28.3. The molecule has 64 heavy (non-hydrogen) atoms. The molecule has 0 fully saturated rings. The van der Waals surface area contributed by atoms with Crippen LogP contribution >= 0.6 is 0 Å². The van der Waals surface area contributed by atoms with E-state index in [2.05, 4.69) is 278 Å². The van der Waals surface area contributed by atoms with Gasteiger partial charge in [0.05, 0.1) is 5.69 Å². The molecule has 2 nitrogen and oxygen atoms in total. The Morgan fingerprint density at radius 1 is 0.312 bits per heavy atom. The third-order valence-electron chi connectivity index (χ3n) is 13.4. The maximum atomic E-state index is 2.47. The molecule has 0 heterocycles. The van der Waals surface area contributed by atoms with Crippen molar-refractivity contribution < 1.29 is 0 Å². The lowest BCUT2D eigenvalue weighted by atomic mass is 9.82. The van der Waals surface area contributed by atoms with Crippen LogP contribution in [0.4, 0.5) is 34.1 Å². The van der Waals surface area contributed by atoms with Crippen LogP contribution in [0.25, 0.3) is 21.9 Å². The van der Waals surface area contributed by atoms with Crippen LogP contribution in [0.2, 0.25) is 0 Å². The molecule has 0 unspecified atom stereocenters. The molecule has 1 aliphatic rings.